The van der Waals surface area contributed by atoms with E-state index >= 15 is 0 Å². The second-order valence-corrected chi connectivity index (χ2v) is 8.98. The zero-order valence-electron chi connectivity index (χ0n) is 17.0. The summed E-state index contributed by atoms with van der Waals surface area (Å²) in [7, 11) is 0. The molecule has 2 aromatic rings. The Bertz CT molecular complexity index is 787. The fraction of sp³-hybridized carbons (Fsp3) is 0.318. The molecule has 0 bridgehead atoms. The monoisotopic (exact) mass is 448 g/mol. The van der Waals surface area contributed by atoms with E-state index in [1.165, 1.54) is 44.3 Å². The van der Waals surface area contributed by atoms with Gasteiger partial charge in [-0.15, -0.1) is 23.5 Å². The van der Waals surface area contributed by atoms with E-state index in [2.05, 4.69) is 0 Å². The standard InChI is InChI=1S/C22H24O6S2/c1-15(23)26-14-20(27-16(2)24)21(28-17(3)25)22(29-18-10-6-4-7-11-18)30-19-12-8-5-9-13-19/h4-13,20-22H,14H2,1-3H3/t20-,21-/m1/s1. The average Bonchev–Trinajstić information content (AvgIpc) is 2.70. The molecular formula is C22H24O6S2. The topological polar surface area (TPSA) is 78.9 Å². The summed E-state index contributed by atoms with van der Waals surface area (Å²) in [6.45, 7) is 3.60. The number of carbonyl (C=O) groups is 3. The minimum absolute atomic E-state index is 0.214. The second kappa shape index (κ2) is 12.3. The van der Waals surface area contributed by atoms with Crippen LogP contribution in [0.15, 0.2) is 70.5 Å². The van der Waals surface area contributed by atoms with Crippen molar-refractivity contribution in [3.05, 3.63) is 60.7 Å². The highest BCUT2D eigenvalue weighted by Gasteiger charge is 2.37. The van der Waals surface area contributed by atoms with Gasteiger partial charge in [0.05, 0.1) is 0 Å². The molecule has 0 aliphatic rings. The first-order valence-corrected chi connectivity index (χ1v) is 11.0. The number of hydrogen-bond acceptors (Lipinski definition) is 8. The minimum atomic E-state index is -0.951. The fourth-order valence-electron chi connectivity index (χ4n) is 2.53. The predicted molar refractivity (Wildman–Crippen MR) is 116 cm³/mol. The lowest BCUT2D eigenvalue weighted by atomic mass is 10.2. The third kappa shape index (κ3) is 8.51. The Morgan fingerprint density at radius 1 is 0.733 bits per heavy atom. The van der Waals surface area contributed by atoms with Crippen molar-refractivity contribution in [2.45, 2.75) is 47.4 Å². The van der Waals surface area contributed by atoms with E-state index in [-0.39, 0.29) is 11.2 Å². The van der Waals surface area contributed by atoms with Crippen LogP contribution in [-0.2, 0) is 28.6 Å². The van der Waals surface area contributed by atoms with Crippen LogP contribution in [0.5, 0.6) is 0 Å². The van der Waals surface area contributed by atoms with Crippen LogP contribution in [0.25, 0.3) is 0 Å². The Labute approximate surface area is 184 Å². The maximum absolute atomic E-state index is 11.9. The quantitative estimate of drug-likeness (QED) is 0.230. The van der Waals surface area contributed by atoms with Gasteiger partial charge in [0.2, 0.25) is 0 Å². The van der Waals surface area contributed by atoms with E-state index in [0.717, 1.165) is 9.79 Å². The Morgan fingerprint density at radius 3 is 1.60 bits per heavy atom. The van der Waals surface area contributed by atoms with Crippen molar-refractivity contribution in [1.29, 1.82) is 0 Å². The van der Waals surface area contributed by atoms with Crippen LogP contribution < -0.4 is 0 Å². The van der Waals surface area contributed by atoms with Crippen molar-refractivity contribution in [3.8, 4) is 0 Å². The van der Waals surface area contributed by atoms with Crippen molar-refractivity contribution >= 4 is 41.4 Å². The van der Waals surface area contributed by atoms with Gasteiger partial charge in [-0.25, -0.2) is 0 Å². The molecule has 0 fully saturated rings. The average molecular weight is 449 g/mol. The third-order valence-corrected chi connectivity index (χ3v) is 6.36. The van der Waals surface area contributed by atoms with Gasteiger partial charge in [0.15, 0.2) is 12.2 Å². The van der Waals surface area contributed by atoms with Crippen LogP contribution in [0.1, 0.15) is 20.8 Å². The predicted octanol–water partition coefficient (Wildman–Crippen LogP) is 4.32. The molecule has 0 unspecified atom stereocenters. The summed E-state index contributed by atoms with van der Waals surface area (Å²) in [6, 6.07) is 19.3. The lowest BCUT2D eigenvalue weighted by Crippen LogP contribution is -2.43. The molecule has 0 aliphatic heterocycles. The fourth-order valence-corrected chi connectivity index (χ4v) is 5.29. The van der Waals surface area contributed by atoms with E-state index in [9.17, 15) is 14.4 Å². The lowest BCUT2D eigenvalue weighted by molar-refractivity contribution is -0.171. The SMILES string of the molecule is CC(=O)OC[C@@H](OC(C)=O)[C@@H](OC(C)=O)C(Sc1ccccc1)Sc1ccccc1. The van der Waals surface area contributed by atoms with Crippen molar-refractivity contribution in [3.63, 3.8) is 0 Å². The van der Waals surface area contributed by atoms with E-state index in [1.807, 2.05) is 60.7 Å². The highest BCUT2D eigenvalue weighted by molar-refractivity contribution is 8.17. The van der Waals surface area contributed by atoms with Gasteiger partial charge >= 0.3 is 17.9 Å². The minimum Gasteiger partial charge on any atom is -0.462 e. The van der Waals surface area contributed by atoms with E-state index in [4.69, 9.17) is 14.2 Å². The highest BCUT2D eigenvalue weighted by atomic mass is 32.2. The normalized spacial score (nSPS) is 12.7. The number of rotatable bonds is 10. The molecule has 30 heavy (non-hydrogen) atoms. The van der Waals surface area contributed by atoms with Crippen molar-refractivity contribution in [1.82, 2.24) is 0 Å². The van der Waals surface area contributed by atoms with E-state index in [1.54, 1.807) is 0 Å². The number of hydrogen-bond donors (Lipinski definition) is 0. The summed E-state index contributed by atoms with van der Waals surface area (Å²) < 4.78 is 15.7. The van der Waals surface area contributed by atoms with Gasteiger partial charge in [0, 0.05) is 30.6 Å². The Hall–Kier alpha value is -2.45. The molecule has 0 spiro atoms. The second-order valence-electron chi connectivity index (χ2n) is 6.25. The number of carbonyl (C=O) groups excluding carboxylic acids is 3. The summed E-state index contributed by atoms with van der Waals surface area (Å²) in [5.41, 5.74) is 0. The van der Waals surface area contributed by atoms with Gasteiger partial charge in [0.1, 0.15) is 11.2 Å². The van der Waals surface area contributed by atoms with Crippen molar-refractivity contribution in [2.75, 3.05) is 6.61 Å². The van der Waals surface area contributed by atoms with Crippen LogP contribution in [-0.4, -0.2) is 41.3 Å². The number of thioether (sulfide) groups is 2. The molecule has 0 amide bonds. The number of ether oxygens (including phenoxy) is 3. The molecule has 0 saturated carbocycles. The molecule has 0 saturated heterocycles. The first-order chi connectivity index (χ1) is 14.3. The van der Waals surface area contributed by atoms with Gasteiger partial charge in [-0.1, -0.05) is 36.4 Å². The Kier molecular flexibility index (Phi) is 9.76. The highest BCUT2D eigenvalue weighted by Crippen LogP contribution is 2.40. The smallest absolute Gasteiger partial charge is 0.303 e. The van der Waals surface area contributed by atoms with Gasteiger partial charge in [-0.05, 0) is 24.3 Å². The molecule has 2 atom stereocenters. The molecule has 0 aliphatic carbocycles. The van der Waals surface area contributed by atoms with Gasteiger partial charge in [0.25, 0.3) is 0 Å². The first-order valence-electron chi connectivity index (χ1n) is 9.26. The summed E-state index contributed by atoms with van der Waals surface area (Å²) in [5, 5.41) is 0. The Morgan fingerprint density at radius 2 is 1.20 bits per heavy atom. The van der Waals surface area contributed by atoms with E-state index in [0.29, 0.717) is 0 Å². The maximum Gasteiger partial charge on any atom is 0.303 e. The molecule has 0 heterocycles. The van der Waals surface area contributed by atoms with Gasteiger partial charge in [-0.3, -0.25) is 14.4 Å². The summed E-state index contributed by atoms with van der Waals surface area (Å²) in [4.78, 5) is 36.9. The molecule has 0 N–H and O–H groups in total. The maximum atomic E-state index is 11.9. The summed E-state index contributed by atoms with van der Waals surface area (Å²) >= 11 is 2.95. The molecule has 2 aromatic carbocycles. The molecule has 160 valence electrons. The first kappa shape index (κ1) is 23.8. The molecule has 2 rings (SSSR count). The van der Waals surface area contributed by atoms with Crippen molar-refractivity contribution in [2.24, 2.45) is 0 Å². The number of benzene rings is 2. The zero-order chi connectivity index (χ0) is 21.9. The Balaban J connectivity index is 2.38. The van der Waals surface area contributed by atoms with E-state index < -0.39 is 30.1 Å². The van der Waals surface area contributed by atoms with Crippen LogP contribution in [0.3, 0.4) is 0 Å². The zero-order valence-corrected chi connectivity index (χ0v) is 18.6. The van der Waals surface area contributed by atoms with Crippen LogP contribution in [0, 0.1) is 0 Å². The summed E-state index contributed by atoms with van der Waals surface area (Å²) in [6.07, 6.45) is -1.81. The van der Waals surface area contributed by atoms with Gasteiger partial charge in [-0.2, -0.15) is 0 Å². The molecule has 8 heteroatoms. The number of esters is 3. The lowest BCUT2D eigenvalue weighted by Gasteiger charge is -2.31. The van der Waals surface area contributed by atoms with Crippen molar-refractivity contribution < 1.29 is 28.6 Å². The van der Waals surface area contributed by atoms with Crippen LogP contribution in [0.2, 0.25) is 0 Å². The summed E-state index contributed by atoms with van der Waals surface area (Å²) in [5.74, 6) is -1.60. The van der Waals surface area contributed by atoms with Gasteiger partial charge < -0.3 is 14.2 Å². The van der Waals surface area contributed by atoms with Crippen LogP contribution >= 0.6 is 23.5 Å². The molecular weight excluding hydrogens is 424 g/mol. The molecule has 0 radical (unpaired) electrons. The van der Waals surface area contributed by atoms with Crippen LogP contribution in [0.4, 0.5) is 0 Å². The largest absolute Gasteiger partial charge is 0.462 e. The molecule has 0 aromatic heterocycles. The molecule has 6 nitrogen and oxygen atoms in total. The third-order valence-electron chi connectivity index (χ3n) is 3.70.